The second-order valence-corrected chi connectivity index (χ2v) is 9.81. The second-order valence-electron chi connectivity index (χ2n) is 7.72. The van der Waals surface area contributed by atoms with Gasteiger partial charge in [0.2, 0.25) is 15.9 Å². The van der Waals surface area contributed by atoms with Gasteiger partial charge in [-0.15, -0.1) is 0 Å². The Labute approximate surface area is 161 Å². The Kier molecular flexibility index (Phi) is 6.20. The monoisotopic (exact) mass is 394 g/mol. The fourth-order valence-corrected chi connectivity index (χ4v) is 6.35. The van der Waals surface area contributed by atoms with Crippen molar-refractivity contribution in [2.75, 3.05) is 13.1 Å². The Bertz CT molecular complexity index is 773. The van der Waals surface area contributed by atoms with Crippen LogP contribution in [-0.2, 0) is 21.4 Å². The maximum Gasteiger partial charge on any atom is 0.224 e. The van der Waals surface area contributed by atoms with E-state index in [0.717, 1.165) is 17.5 Å². The van der Waals surface area contributed by atoms with Gasteiger partial charge in [-0.25, -0.2) is 12.7 Å². The summed E-state index contributed by atoms with van der Waals surface area (Å²) in [4.78, 5) is 12.6. The summed E-state index contributed by atoms with van der Waals surface area (Å²) in [6.07, 6.45) is 1.43. The van der Waals surface area contributed by atoms with Crippen molar-refractivity contribution in [1.82, 2.24) is 20.5 Å². The van der Waals surface area contributed by atoms with E-state index in [1.807, 2.05) is 45.0 Å². The molecule has 3 atom stereocenters. The number of nitrogens with zero attached hydrogens (tertiary/aromatic N) is 1. The summed E-state index contributed by atoms with van der Waals surface area (Å²) in [7, 11) is -3.47. The summed E-state index contributed by atoms with van der Waals surface area (Å²) in [5, 5.41) is 2.46. The van der Waals surface area contributed by atoms with Crippen molar-refractivity contribution in [3.63, 3.8) is 0 Å². The summed E-state index contributed by atoms with van der Waals surface area (Å²) in [6, 6.07) is 7.60. The zero-order chi connectivity index (χ0) is 19.6. The Balaban J connectivity index is 1.63. The van der Waals surface area contributed by atoms with Gasteiger partial charge in [0.05, 0.1) is 5.92 Å². The van der Waals surface area contributed by atoms with Crippen molar-refractivity contribution in [2.45, 2.75) is 57.5 Å². The fourth-order valence-electron chi connectivity index (χ4n) is 4.07. The third-order valence-corrected chi connectivity index (χ3v) is 8.25. The first-order valence-corrected chi connectivity index (χ1v) is 11.1. The first-order chi connectivity index (χ1) is 12.8. The number of benzene rings is 1. The van der Waals surface area contributed by atoms with Crippen molar-refractivity contribution in [3.05, 3.63) is 35.4 Å². The minimum Gasteiger partial charge on any atom is -0.352 e. The Morgan fingerprint density at radius 3 is 2.56 bits per heavy atom. The van der Waals surface area contributed by atoms with Gasteiger partial charge in [-0.2, -0.15) is 0 Å². The Hall–Kier alpha value is -1.48. The van der Waals surface area contributed by atoms with Crippen LogP contribution in [-0.4, -0.2) is 49.1 Å². The van der Waals surface area contributed by atoms with Crippen LogP contribution in [0.3, 0.4) is 0 Å². The van der Waals surface area contributed by atoms with E-state index in [9.17, 15) is 13.2 Å². The number of piperidine rings is 1. The number of rotatable bonds is 5. The SMILES string of the molecule is Cc1ccccc1CNC(=O)C1CCCN(S(=O)(=O)C2C(C)NNC2C)C1. The van der Waals surface area contributed by atoms with Gasteiger partial charge in [0.25, 0.3) is 0 Å². The summed E-state index contributed by atoms with van der Waals surface area (Å²) >= 11 is 0. The summed E-state index contributed by atoms with van der Waals surface area (Å²) in [5.41, 5.74) is 8.23. The molecule has 1 aromatic carbocycles. The molecule has 1 aromatic rings. The molecule has 0 aliphatic carbocycles. The number of carbonyl (C=O) groups excluding carboxylic acids is 1. The van der Waals surface area contributed by atoms with E-state index < -0.39 is 15.3 Å². The van der Waals surface area contributed by atoms with Crippen LogP contribution in [0.2, 0.25) is 0 Å². The van der Waals surface area contributed by atoms with E-state index in [0.29, 0.717) is 19.5 Å². The van der Waals surface area contributed by atoms with Gasteiger partial charge in [0, 0.05) is 31.7 Å². The van der Waals surface area contributed by atoms with Crippen LogP contribution in [0.4, 0.5) is 0 Å². The minimum absolute atomic E-state index is 0.0677. The molecule has 0 bridgehead atoms. The largest absolute Gasteiger partial charge is 0.352 e. The molecule has 0 aromatic heterocycles. The van der Waals surface area contributed by atoms with E-state index in [2.05, 4.69) is 16.2 Å². The maximum atomic E-state index is 13.1. The van der Waals surface area contributed by atoms with Crippen molar-refractivity contribution < 1.29 is 13.2 Å². The van der Waals surface area contributed by atoms with Gasteiger partial charge < -0.3 is 5.32 Å². The molecule has 0 saturated carbocycles. The third-order valence-electron chi connectivity index (χ3n) is 5.70. The van der Waals surface area contributed by atoms with Crippen LogP contribution >= 0.6 is 0 Å². The van der Waals surface area contributed by atoms with Crippen molar-refractivity contribution in [1.29, 1.82) is 0 Å². The quantitative estimate of drug-likeness (QED) is 0.691. The molecule has 1 amide bonds. The number of sulfonamides is 1. The summed E-state index contributed by atoms with van der Waals surface area (Å²) in [6.45, 7) is 6.98. The van der Waals surface area contributed by atoms with Gasteiger partial charge in [-0.3, -0.25) is 15.6 Å². The number of hydrazine groups is 1. The third kappa shape index (κ3) is 4.34. The normalized spacial score (nSPS) is 29.6. The predicted octanol–water partition coefficient (Wildman–Crippen LogP) is 0.906. The lowest BCUT2D eigenvalue weighted by Gasteiger charge is -2.34. The number of amides is 1. The topological polar surface area (TPSA) is 90.5 Å². The van der Waals surface area contributed by atoms with Crippen molar-refractivity contribution in [2.24, 2.45) is 5.92 Å². The molecule has 8 heteroatoms. The van der Waals surface area contributed by atoms with Gasteiger partial charge in [-0.05, 0) is 44.7 Å². The predicted molar refractivity (Wildman–Crippen MR) is 105 cm³/mol. The van der Waals surface area contributed by atoms with Crippen LogP contribution < -0.4 is 16.2 Å². The standard InChI is InChI=1S/C19H30N4O3S/c1-13-7-4-5-8-16(13)11-20-19(24)17-9-6-10-23(12-17)27(25,26)18-14(2)21-22-15(18)3/h4-5,7-8,14-15,17-18,21-22H,6,9-12H2,1-3H3,(H,20,24). The van der Waals surface area contributed by atoms with E-state index in [4.69, 9.17) is 0 Å². The molecule has 2 aliphatic heterocycles. The number of hydrogen-bond donors (Lipinski definition) is 3. The smallest absolute Gasteiger partial charge is 0.224 e. The van der Waals surface area contributed by atoms with E-state index in [-0.39, 0.29) is 30.5 Å². The fraction of sp³-hybridized carbons (Fsp3) is 0.632. The van der Waals surface area contributed by atoms with Crippen LogP contribution in [0.25, 0.3) is 0 Å². The molecule has 3 unspecified atom stereocenters. The molecular weight excluding hydrogens is 364 g/mol. The molecule has 3 rings (SSSR count). The highest BCUT2D eigenvalue weighted by Crippen LogP contribution is 2.25. The van der Waals surface area contributed by atoms with Crippen LogP contribution in [0.5, 0.6) is 0 Å². The Morgan fingerprint density at radius 2 is 1.89 bits per heavy atom. The lowest BCUT2D eigenvalue weighted by atomic mass is 9.98. The number of nitrogens with one attached hydrogen (secondary N) is 3. The molecule has 0 spiro atoms. The minimum atomic E-state index is -3.47. The van der Waals surface area contributed by atoms with E-state index in [1.165, 1.54) is 4.31 Å². The molecule has 0 radical (unpaired) electrons. The lowest BCUT2D eigenvalue weighted by Crippen LogP contribution is -2.52. The van der Waals surface area contributed by atoms with Gasteiger partial charge >= 0.3 is 0 Å². The second kappa shape index (κ2) is 8.26. The molecule has 27 heavy (non-hydrogen) atoms. The lowest BCUT2D eigenvalue weighted by molar-refractivity contribution is -0.126. The van der Waals surface area contributed by atoms with Gasteiger partial charge in [-0.1, -0.05) is 24.3 Å². The average molecular weight is 395 g/mol. The molecule has 2 heterocycles. The molecule has 150 valence electrons. The zero-order valence-corrected chi connectivity index (χ0v) is 17.1. The van der Waals surface area contributed by atoms with Crippen LogP contribution in [0.15, 0.2) is 24.3 Å². The highest BCUT2D eigenvalue weighted by atomic mass is 32.2. The maximum absolute atomic E-state index is 13.1. The summed E-state index contributed by atoms with van der Waals surface area (Å²) in [5.74, 6) is -0.368. The Morgan fingerprint density at radius 1 is 1.22 bits per heavy atom. The average Bonchev–Trinajstić information content (AvgIpc) is 3.00. The van der Waals surface area contributed by atoms with Crippen LogP contribution in [0.1, 0.15) is 37.8 Å². The molecule has 2 fully saturated rings. The van der Waals surface area contributed by atoms with Gasteiger partial charge in [0.15, 0.2) is 0 Å². The van der Waals surface area contributed by atoms with E-state index >= 15 is 0 Å². The number of carbonyl (C=O) groups is 1. The number of hydrogen-bond acceptors (Lipinski definition) is 5. The highest BCUT2D eigenvalue weighted by Gasteiger charge is 2.45. The molecule has 3 N–H and O–H groups in total. The number of aryl methyl sites for hydroxylation is 1. The molecule has 2 aliphatic rings. The van der Waals surface area contributed by atoms with Gasteiger partial charge in [0.1, 0.15) is 5.25 Å². The summed E-state index contributed by atoms with van der Waals surface area (Å²) < 4.78 is 27.7. The van der Waals surface area contributed by atoms with E-state index in [1.54, 1.807) is 0 Å². The molecular formula is C19H30N4O3S. The highest BCUT2D eigenvalue weighted by molar-refractivity contribution is 7.89. The molecule has 7 nitrogen and oxygen atoms in total. The first-order valence-electron chi connectivity index (χ1n) is 9.63. The molecule has 2 saturated heterocycles. The van der Waals surface area contributed by atoms with Crippen LogP contribution in [0, 0.1) is 12.8 Å². The zero-order valence-electron chi connectivity index (χ0n) is 16.2. The first kappa shape index (κ1) is 20.3. The van der Waals surface area contributed by atoms with Crippen molar-refractivity contribution >= 4 is 15.9 Å². The van der Waals surface area contributed by atoms with Crippen molar-refractivity contribution in [3.8, 4) is 0 Å².